The zero-order valence-corrected chi connectivity index (χ0v) is 42.7. The lowest BCUT2D eigenvalue weighted by Gasteiger charge is -2.20. The van der Waals surface area contributed by atoms with E-state index in [1.54, 1.807) is 12.2 Å². The Balaban J connectivity index is 4.50. The van der Waals surface area contributed by atoms with Crippen molar-refractivity contribution in [1.82, 2.24) is 0 Å². The quantitative estimate of drug-likeness (QED) is 0.0112. The molecule has 0 fully saturated rings. The summed E-state index contributed by atoms with van der Waals surface area (Å²) in [5.41, 5.74) is 0. The molecule has 0 saturated carbocycles. The van der Waals surface area contributed by atoms with E-state index in [1.807, 2.05) is 36.5 Å². The molecule has 66 heavy (non-hydrogen) atoms. The number of rotatable bonds is 47. The Morgan fingerprint density at radius 2 is 1.02 bits per heavy atom. The smallest absolute Gasteiger partial charge is 0.462 e. The van der Waals surface area contributed by atoms with Crippen LogP contribution in [0.2, 0.25) is 0 Å². The summed E-state index contributed by atoms with van der Waals surface area (Å²) in [6, 6.07) is 0. The molecular formula is C50H90O14P2. The third kappa shape index (κ3) is 48.2. The minimum atomic E-state index is -4.88. The molecule has 0 saturated heterocycles. The Bertz CT molecular complexity index is 1420. The van der Waals surface area contributed by atoms with Crippen LogP contribution in [0.15, 0.2) is 48.6 Å². The van der Waals surface area contributed by atoms with Gasteiger partial charge in [0, 0.05) is 19.3 Å². The predicted molar refractivity (Wildman–Crippen MR) is 263 cm³/mol. The minimum Gasteiger partial charge on any atom is -0.462 e. The Hall–Kier alpha value is -2.25. The van der Waals surface area contributed by atoms with Crippen molar-refractivity contribution in [3.8, 4) is 0 Å². The molecule has 0 aromatic heterocycles. The molecule has 16 heteroatoms. The maximum Gasteiger partial charge on any atom is 0.472 e. The first-order valence-corrected chi connectivity index (χ1v) is 28.2. The number of aliphatic hydroxyl groups is 1. The van der Waals surface area contributed by atoms with E-state index in [0.29, 0.717) is 25.7 Å². The first-order valence-electron chi connectivity index (χ1n) is 25.1. The largest absolute Gasteiger partial charge is 0.472 e. The number of ketones is 1. The second kappa shape index (κ2) is 44.0. The molecule has 0 rings (SSSR count). The monoisotopic (exact) mass is 977 g/mol. The number of unbranched alkanes of at least 4 members (excludes halogenated alkanes) is 20. The minimum absolute atomic E-state index is 0.0936. The van der Waals surface area contributed by atoms with Gasteiger partial charge >= 0.3 is 27.6 Å². The standard InChI is InChI=1S/C50H90O14P2/c1-4-5-31-37-46(51)38-33-28-24-20-16-14-18-21-25-29-34-39-49(53)60-43-48(44-63-66(58,59)62-42-47(52)41-61-65(55,56)57)64-50(54)40-35-30-26-22-17-13-11-9-7-6-8-10-12-15-19-23-27-32-36-45(2)3/h14,16,21,24-25,28,33,38,45,47-48,52H,4-13,15,17-20,22-23,26-27,29-32,34-37,39-44H2,1-3H3,(H,58,59)(H2,55,56,57)/b16-14-,25-21-,28-24-,38-33+/t47-,48+/m0/s1. The highest BCUT2D eigenvalue weighted by Gasteiger charge is 2.28. The van der Waals surface area contributed by atoms with E-state index < -0.39 is 66.2 Å². The number of carbonyl (C=O) groups excluding carboxylic acids is 3. The van der Waals surface area contributed by atoms with Crippen LogP contribution in [0, 0.1) is 5.92 Å². The van der Waals surface area contributed by atoms with Gasteiger partial charge in [-0.25, -0.2) is 9.13 Å². The molecule has 0 aromatic rings. The molecule has 0 aliphatic rings. The van der Waals surface area contributed by atoms with Gasteiger partial charge in [0.2, 0.25) is 0 Å². The van der Waals surface area contributed by atoms with Crippen LogP contribution < -0.4 is 0 Å². The normalized spacial score (nSPS) is 14.2. The van der Waals surface area contributed by atoms with Crippen LogP contribution in [-0.4, -0.2) is 76.1 Å². The van der Waals surface area contributed by atoms with Crippen LogP contribution in [0.3, 0.4) is 0 Å². The summed E-state index contributed by atoms with van der Waals surface area (Å²) in [6.45, 7) is 3.90. The maximum atomic E-state index is 12.7. The third-order valence-electron chi connectivity index (χ3n) is 10.6. The number of aliphatic hydroxyl groups excluding tert-OH is 1. The van der Waals surface area contributed by atoms with E-state index in [0.717, 1.165) is 57.3 Å². The average molecular weight is 977 g/mol. The molecule has 14 nitrogen and oxygen atoms in total. The summed E-state index contributed by atoms with van der Waals surface area (Å²) < 4.78 is 47.9. The zero-order valence-electron chi connectivity index (χ0n) is 41.0. The zero-order chi connectivity index (χ0) is 49.0. The van der Waals surface area contributed by atoms with Gasteiger partial charge in [-0.1, -0.05) is 192 Å². The first kappa shape index (κ1) is 63.8. The summed E-state index contributed by atoms with van der Waals surface area (Å²) in [5.74, 6) is -0.151. The van der Waals surface area contributed by atoms with Gasteiger partial charge in [-0.15, -0.1) is 0 Å². The molecule has 4 N–H and O–H groups in total. The van der Waals surface area contributed by atoms with E-state index in [4.69, 9.17) is 28.3 Å². The van der Waals surface area contributed by atoms with Gasteiger partial charge in [0.1, 0.15) is 12.7 Å². The number of esters is 2. The maximum absolute atomic E-state index is 12.7. The second-order valence-electron chi connectivity index (χ2n) is 17.6. The Morgan fingerprint density at radius 3 is 1.58 bits per heavy atom. The fourth-order valence-electron chi connectivity index (χ4n) is 6.78. The average Bonchev–Trinajstić information content (AvgIpc) is 3.26. The van der Waals surface area contributed by atoms with Crippen LogP contribution in [0.4, 0.5) is 0 Å². The lowest BCUT2D eigenvalue weighted by molar-refractivity contribution is -0.161. The molecule has 3 atom stereocenters. The molecule has 0 aliphatic carbocycles. The molecule has 0 aliphatic heterocycles. The highest BCUT2D eigenvalue weighted by Crippen LogP contribution is 2.44. The number of carbonyl (C=O) groups is 3. The topological polar surface area (TPSA) is 212 Å². The number of hydrogen-bond donors (Lipinski definition) is 4. The van der Waals surface area contributed by atoms with E-state index in [1.165, 1.54) is 96.3 Å². The van der Waals surface area contributed by atoms with Crippen LogP contribution in [-0.2, 0) is 46.6 Å². The SMILES string of the molecule is CCCCCC(=O)/C=C/C=C\C/C=C\C/C=C\CCCC(=O)OC[C@H](COP(=O)(O)OC[C@@H](O)COP(=O)(O)O)OC(=O)CCCCCCCCCCCCCCCCCCCCC(C)C. The van der Waals surface area contributed by atoms with Gasteiger partial charge in [0.05, 0.1) is 19.8 Å². The fourth-order valence-corrected chi connectivity index (χ4v) is 7.93. The van der Waals surface area contributed by atoms with Crippen molar-refractivity contribution in [3.63, 3.8) is 0 Å². The number of phosphoric acid groups is 2. The van der Waals surface area contributed by atoms with Gasteiger partial charge < -0.3 is 29.3 Å². The Morgan fingerprint density at radius 1 is 0.530 bits per heavy atom. The molecule has 0 amide bonds. The second-order valence-corrected chi connectivity index (χ2v) is 20.3. The number of allylic oxidation sites excluding steroid dienone is 8. The molecule has 0 spiro atoms. The molecule has 0 heterocycles. The Kier molecular flexibility index (Phi) is 42.5. The van der Waals surface area contributed by atoms with Crippen molar-refractivity contribution in [2.75, 3.05) is 26.4 Å². The van der Waals surface area contributed by atoms with Crippen molar-refractivity contribution in [3.05, 3.63) is 48.6 Å². The van der Waals surface area contributed by atoms with Crippen molar-refractivity contribution >= 4 is 33.4 Å². The van der Waals surface area contributed by atoms with Gasteiger partial charge in [-0.2, -0.15) is 0 Å². The predicted octanol–water partition coefficient (Wildman–Crippen LogP) is 12.8. The van der Waals surface area contributed by atoms with Gasteiger partial charge in [0.15, 0.2) is 11.9 Å². The highest BCUT2D eigenvalue weighted by atomic mass is 31.2. The molecule has 0 bridgehead atoms. The van der Waals surface area contributed by atoms with E-state index in [9.17, 15) is 33.5 Å². The van der Waals surface area contributed by atoms with Gasteiger partial charge in [-0.05, 0) is 50.5 Å². The van der Waals surface area contributed by atoms with E-state index in [2.05, 4.69) is 25.3 Å². The summed E-state index contributed by atoms with van der Waals surface area (Å²) in [5, 5.41) is 9.77. The molecule has 384 valence electrons. The van der Waals surface area contributed by atoms with Crippen LogP contribution in [0.25, 0.3) is 0 Å². The number of hydrogen-bond acceptors (Lipinski definition) is 11. The van der Waals surface area contributed by atoms with Crippen molar-refractivity contribution in [2.45, 2.75) is 219 Å². The lowest BCUT2D eigenvalue weighted by atomic mass is 10.0. The molecule has 1 unspecified atom stereocenters. The number of ether oxygens (including phenoxy) is 2. The van der Waals surface area contributed by atoms with Crippen molar-refractivity contribution < 1.29 is 66.3 Å². The van der Waals surface area contributed by atoms with Crippen LogP contribution in [0.5, 0.6) is 0 Å². The molecule has 0 aromatic carbocycles. The first-order chi connectivity index (χ1) is 31.6. The van der Waals surface area contributed by atoms with Crippen LogP contribution >= 0.6 is 15.6 Å². The summed E-state index contributed by atoms with van der Waals surface area (Å²) >= 11 is 0. The summed E-state index contributed by atoms with van der Waals surface area (Å²) in [6.07, 6.45) is 42.3. The molecule has 0 radical (unpaired) electrons. The summed E-state index contributed by atoms with van der Waals surface area (Å²) in [4.78, 5) is 64.6. The Labute approximate surface area is 398 Å². The van der Waals surface area contributed by atoms with Crippen molar-refractivity contribution in [1.29, 1.82) is 0 Å². The van der Waals surface area contributed by atoms with E-state index in [-0.39, 0.29) is 18.6 Å². The fraction of sp³-hybridized carbons (Fsp3) is 0.780. The summed E-state index contributed by atoms with van der Waals surface area (Å²) in [7, 11) is -9.72. The lowest BCUT2D eigenvalue weighted by Crippen LogP contribution is -2.30. The van der Waals surface area contributed by atoms with Gasteiger partial charge in [-0.3, -0.25) is 28.0 Å². The highest BCUT2D eigenvalue weighted by molar-refractivity contribution is 7.47. The van der Waals surface area contributed by atoms with Crippen LogP contribution in [0.1, 0.15) is 207 Å². The molecular weight excluding hydrogens is 886 g/mol. The number of phosphoric ester groups is 2. The van der Waals surface area contributed by atoms with E-state index >= 15 is 0 Å². The van der Waals surface area contributed by atoms with Gasteiger partial charge in [0.25, 0.3) is 0 Å². The van der Waals surface area contributed by atoms with Crippen molar-refractivity contribution in [2.24, 2.45) is 5.92 Å². The third-order valence-corrected chi connectivity index (χ3v) is 12.1.